The van der Waals surface area contributed by atoms with Crippen LogP contribution in [-0.4, -0.2) is 16.6 Å². The first kappa shape index (κ1) is 11.1. The fourth-order valence-corrected chi connectivity index (χ4v) is 2.70. The van der Waals surface area contributed by atoms with Gasteiger partial charge in [0.2, 0.25) is 0 Å². The molecule has 4 heteroatoms. The first-order chi connectivity index (χ1) is 9.86. The van der Waals surface area contributed by atoms with Gasteiger partial charge in [-0.1, -0.05) is 24.3 Å². The standard InChI is InChI=1S/C16H11N3O/c17-8-10-4-3-6-13-15(10)19-16(18-13)12-9-20-14-7-2-1-5-11(12)14/h1-7,12H,9H2,(H,18,19). The van der Waals surface area contributed by atoms with E-state index in [1.165, 1.54) is 0 Å². The van der Waals surface area contributed by atoms with Crippen LogP contribution in [-0.2, 0) is 0 Å². The number of hydrogen-bond acceptors (Lipinski definition) is 3. The lowest BCUT2D eigenvalue weighted by Crippen LogP contribution is -2.04. The van der Waals surface area contributed by atoms with Crippen molar-refractivity contribution in [3.8, 4) is 11.8 Å². The number of fused-ring (bicyclic) bond motifs is 2. The zero-order chi connectivity index (χ0) is 13.5. The Morgan fingerprint density at radius 1 is 1.20 bits per heavy atom. The summed E-state index contributed by atoms with van der Waals surface area (Å²) in [5.74, 6) is 1.87. The van der Waals surface area contributed by atoms with Crippen molar-refractivity contribution < 1.29 is 4.74 Å². The molecule has 1 N–H and O–H groups in total. The minimum atomic E-state index is 0.102. The Morgan fingerprint density at radius 2 is 2.10 bits per heavy atom. The first-order valence-electron chi connectivity index (χ1n) is 6.47. The molecule has 1 atom stereocenters. The van der Waals surface area contributed by atoms with Crippen LogP contribution < -0.4 is 4.74 Å². The third kappa shape index (κ3) is 1.50. The van der Waals surface area contributed by atoms with Gasteiger partial charge >= 0.3 is 0 Å². The predicted octanol–water partition coefficient (Wildman–Crippen LogP) is 2.96. The zero-order valence-corrected chi connectivity index (χ0v) is 10.6. The van der Waals surface area contributed by atoms with Crippen molar-refractivity contribution >= 4 is 11.0 Å². The fourth-order valence-electron chi connectivity index (χ4n) is 2.70. The third-order valence-corrected chi connectivity index (χ3v) is 3.68. The second-order valence-electron chi connectivity index (χ2n) is 4.84. The van der Waals surface area contributed by atoms with Crippen LogP contribution in [0.1, 0.15) is 22.9 Å². The molecule has 4 nitrogen and oxygen atoms in total. The van der Waals surface area contributed by atoms with Gasteiger partial charge < -0.3 is 9.72 Å². The average Bonchev–Trinajstić information content (AvgIpc) is 3.10. The summed E-state index contributed by atoms with van der Waals surface area (Å²) in [6, 6.07) is 15.8. The van der Waals surface area contributed by atoms with E-state index in [4.69, 9.17) is 10.00 Å². The summed E-state index contributed by atoms with van der Waals surface area (Å²) < 4.78 is 5.69. The molecule has 0 bridgehead atoms. The van der Waals surface area contributed by atoms with E-state index in [1.54, 1.807) is 6.07 Å². The van der Waals surface area contributed by atoms with Gasteiger partial charge in [0.05, 0.1) is 17.0 Å². The molecule has 2 aromatic carbocycles. The van der Waals surface area contributed by atoms with Crippen LogP contribution in [0.5, 0.6) is 5.75 Å². The van der Waals surface area contributed by atoms with E-state index in [0.717, 1.165) is 28.2 Å². The van der Waals surface area contributed by atoms with Gasteiger partial charge in [-0.2, -0.15) is 5.26 Å². The van der Waals surface area contributed by atoms with Crippen LogP contribution in [0.25, 0.3) is 11.0 Å². The molecule has 1 aliphatic heterocycles. The van der Waals surface area contributed by atoms with Crippen LogP contribution in [0.2, 0.25) is 0 Å². The molecule has 1 unspecified atom stereocenters. The molecule has 20 heavy (non-hydrogen) atoms. The predicted molar refractivity (Wildman–Crippen MR) is 74.6 cm³/mol. The van der Waals surface area contributed by atoms with Crippen molar-refractivity contribution in [2.45, 2.75) is 5.92 Å². The maximum absolute atomic E-state index is 9.14. The Morgan fingerprint density at radius 3 is 3.00 bits per heavy atom. The Hall–Kier alpha value is -2.80. The van der Waals surface area contributed by atoms with Gasteiger partial charge in [0.15, 0.2) is 0 Å². The summed E-state index contributed by atoms with van der Waals surface area (Å²) in [5, 5.41) is 9.14. The highest BCUT2D eigenvalue weighted by atomic mass is 16.5. The number of hydrogen-bond donors (Lipinski definition) is 1. The van der Waals surface area contributed by atoms with E-state index in [1.807, 2.05) is 30.3 Å². The summed E-state index contributed by atoms with van der Waals surface area (Å²) in [6.07, 6.45) is 0. The number of aromatic amines is 1. The highest BCUT2D eigenvalue weighted by Crippen LogP contribution is 2.37. The molecule has 0 radical (unpaired) electrons. The van der Waals surface area contributed by atoms with Gasteiger partial charge in [0.1, 0.15) is 29.8 Å². The van der Waals surface area contributed by atoms with E-state index >= 15 is 0 Å². The highest BCUT2D eigenvalue weighted by Gasteiger charge is 2.28. The van der Waals surface area contributed by atoms with Crippen LogP contribution in [0.3, 0.4) is 0 Å². The van der Waals surface area contributed by atoms with Gasteiger partial charge in [0.25, 0.3) is 0 Å². The Labute approximate surface area is 115 Å². The number of nitrogens with zero attached hydrogens (tertiary/aromatic N) is 2. The monoisotopic (exact) mass is 261 g/mol. The second kappa shape index (κ2) is 4.10. The third-order valence-electron chi connectivity index (χ3n) is 3.68. The largest absolute Gasteiger partial charge is 0.492 e. The number of nitrogens with one attached hydrogen (secondary N) is 1. The molecule has 96 valence electrons. The van der Waals surface area contributed by atoms with Crippen LogP contribution in [0.15, 0.2) is 42.5 Å². The molecule has 0 fully saturated rings. The van der Waals surface area contributed by atoms with Gasteiger partial charge in [-0.05, 0) is 18.2 Å². The molecule has 4 rings (SSSR count). The number of nitriles is 1. The summed E-state index contributed by atoms with van der Waals surface area (Å²) in [5.41, 5.74) is 3.36. The maximum Gasteiger partial charge on any atom is 0.123 e. The van der Waals surface area contributed by atoms with E-state index in [9.17, 15) is 0 Å². The minimum absolute atomic E-state index is 0.102. The number of aromatic nitrogens is 2. The first-order valence-corrected chi connectivity index (χ1v) is 6.47. The fraction of sp³-hybridized carbons (Fsp3) is 0.125. The number of H-pyrrole nitrogens is 1. The molecule has 0 spiro atoms. The summed E-state index contributed by atoms with van der Waals surface area (Å²) >= 11 is 0. The van der Waals surface area contributed by atoms with Gasteiger partial charge in [-0.25, -0.2) is 4.98 Å². The second-order valence-corrected chi connectivity index (χ2v) is 4.84. The number of rotatable bonds is 1. The molecule has 1 aromatic heterocycles. The lowest BCUT2D eigenvalue weighted by atomic mass is 10.0. The van der Waals surface area contributed by atoms with Crippen molar-refractivity contribution in [1.29, 1.82) is 5.26 Å². The Balaban J connectivity index is 1.87. The van der Waals surface area contributed by atoms with Crippen molar-refractivity contribution in [2.75, 3.05) is 6.61 Å². The summed E-state index contributed by atoms with van der Waals surface area (Å²) in [7, 11) is 0. The molecule has 0 saturated heterocycles. The number of benzene rings is 2. The van der Waals surface area contributed by atoms with Crippen LogP contribution in [0.4, 0.5) is 0 Å². The summed E-state index contributed by atoms with van der Waals surface area (Å²) in [6.45, 7) is 0.584. The lowest BCUT2D eigenvalue weighted by molar-refractivity contribution is 0.340. The van der Waals surface area contributed by atoms with Gasteiger partial charge in [-0.3, -0.25) is 0 Å². The molecular formula is C16H11N3O. The van der Waals surface area contributed by atoms with Crippen molar-refractivity contribution in [1.82, 2.24) is 9.97 Å². The van der Waals surface area contributed by atoms with E-state index in [-0.39, 0.29) is 5.92 Å². The van der Waals surface area contributed by atoms with Crippen molar-refractivity contribution in [3.63, 3.8) is 0 Å². The topological polar surface area (TPSA) is 61.7 Å². The quantitative estimate of drug-likeness (QED) is 0.732. The average molecular weight is 261 g/mol. The lowest BCUT2D eigenvalue weighted by Gasteiger charge is -2.03. The maximum atomic E-state index is 9.14. The van der Waals surface area contributed by atoms with Gasteiger partial charge in [-0.15, -0.1) is 0 Å². The summed E-state index contributed by atoms with van der Waals surface area (Å²) in [4.78, 5) is 7.92. The van der Waals surface area contributed by atoms with Crippen molar-refractivity contribution in [3.05, 3.63) is 59.4 Å². The molecule has 2 heterocycles. The smallest absolute Gasteiger partial charge is 0.123 e. The molecular weight excluding hydrogens is 250 g/mol. The molecule has 1 aliphatic rings. The van der Waals surface area contributed by atoms with Crippen LogP contribution in [0, 0.1) is 11.3 Å². The number of para-hydroxylation sites is 2. The Bertz CT molecular complexity index is 844. The normalized spacial score (nSPS) is 16.6. The molecule has 0 amide bonds. The van der Waals surface area contributed by atoms with Crippen LogP contribution >= 0.6 is 0 Å². The van der Waals surface area contributed by atoms with Crippen molar-refractivity contribution in [2.24, 2.45) is 0 Å². The number of ether oxygens (including phenoxy) is 1. The zero-order valence-electron chi connectivity index (χ0n) is 10.6. The SMILES string of the molecule is N#Cc1cccc2[nH]c(C3COc4ccccc43)nc12. The number of imidazole rings is 1. The minimum Gasteiger partial charge on any atom is -0.492 e. The van der Waals surface area contributed by atoms with E-state index in [0.29, 0.717) is 12.2 Å². The highest BCUT2D eigenvalue weighted by molar-refractivity contribution is 5.81. The Kier molecular flexibility index (Phi) is 2.27. The van der Waals surface area contributed by atoms with E-state index < -0.39 is 0 Å². The molecule has 3 aromatic rings. The van der Waals surface area contributed by atoms with Gasteiger partial charge in [0, 0.05) is 5.56 Å². The van der Waals surface area contributed by atoms with E-state index in [2.05, 4.69) is 22.1 Å². The molecule has 0 saturated carbocycles. The molecule has 0 aliphatic carbocycles.